The number of anilines is 1. The lowest BCUT2D eigenvalue weighted by Crippen LogP contribution is -2.47. The van der Waals surface area contributed by atoms with Crippen LogP contribution in [0.2, 0.25) is 0 Å². The summed E-state index contributed by atoms with van der Waals surface area (Å²) in [5, 5.41) is 9.78. The SMILES string of the molecule is CCCCn1c(N2CCN(C)CC2)c(/C=C2\SC(=S)N(CCOC)C2=O)c(C)c(C#N)c1=O. The lowest BCUT2D eigenvalue weighted by atomic mass is 10.0. The molecule has 10 heteroatoms. The molecule has 2 fully saturated rings. The number of methoxy groups -OCH3 is 1. The van der Waals surface area contributed by atoms with Crippen molar-refractivity contribution in [3.8, 4) is 6.07 Å². The molecule has 0 radical (unpaired) electrons. The maximum Gasteiger partial charge on any atom is 0.270 e. The number of amides is 1. The van der Waals surface area contributed by atoms with Gasteiger partial charge in [0.1, 0.15) is 21.8 Å². The van der Waals surface area contributed by atoms with Crippen molar-refractivity contribution in [1.82, 2.24) is 14.4 Å². The van der Waals surface area contributed by atoms with Crippen LogP contribution in [0.3, 0.4) is 0 Å². The van der Waals surface area contributed by atoms with E-state index in [1.54, 1.807) is 23.5 Å². The van der Waals surface area contributed by atoms with Gasteiger partial charge in [-0.2, -0.15) is 5.26 Å². The van der Waals surface area contributed by atoms with Gasteiger partial charge in [0.25, 0.3) is 11.5 Å². The van der Waals surface area contributed by atoms with E-state index >= 15 is 0 Å². The zero-order chi connectivity index (χ0) is 24.1. The summed E-state index contributed by atoms with van der Waals surface area (Å²) in [6.07, 6.45) is 3.57. The lowest BCUT2D eigenvalue weighted by Gasteiger charge is -2.36. The molecule has 0 N–H and O–H groups in total. The van der Waals surface area contributed by atoms with Gasteiger partial charge in [-0.05, 0) is 32.0 Å². The zero-order valence-corrected chi connectivity index (χ0v) is 21.4. The van der Waals surface area contributed by atoms with Crippen molar-refractivity contribution in [3.63, 3.8) is 0 Å². The topological polar surface area (TPSA) is 81.8 Å². The summed E-state index contributed by atoms with van der Waals surface area (Å²) in [6.45, 7) is 8.47. The molecule has 0 spiro atoms. The fourth-order valence-electron chi connectivity index (χ4n) is 4.03. The van der Waals surface area contributed by atoms with Gasteiger partial charge in [0.05, 0.1) is 18.1 Å². The number of thioether (sulfide) groups is 1. The molecule has 3 heterocycles. The first-order chi connectivity index (χ1) is 15.8. The maximum atomic E-state index is 13.3. The maximum absolute atomic E-state index is 13.3. The number of carbonyl (C=O) groups is 1. The highest BCUT2D eigenvalue weighted by molar-refractivity contribution is 8.26. The van der Waals surface area contributed by atoms with Crippen molar-refractivity contribution >= 4 is 46.1 Å². The number of nitrogens with zero attached hydrogens (tertiary/aromatic N) is 5. The Hall–Kier alpha value is -2.19. The van der Waals surface area contributed by atoms with Crippen LogP contribution in [-0.2, 0) is 16.1 Å². The molecule has 1 aromatic heterocycles. The van der Waals surface area contributed by atoms with E-state index in [1.807, 2.05) is 6.08 Å². The summed E-state index contributed by atoms with van der Waals surface area (Å²) >= 11 is 6.68. The smallest absolute Gasteiger partial charge is 0.270 e. The molecule has 178 valence electrons. The van der Waals surface area contributed by atoms with Crippen LogP contribution in [0.1, 0.15) is 36.5 Å². The molecule has 0 bridgehead atoms. The summed E-state index contributed by atoms with van der Waals surface area (Å²) in [5.41, 5.74) is 1.22. The third kappa shape index (κ3) is 5.32. The van der Waals surface area contributed by atoms with Crippen LogP contribution in [-0.4, -0.2) is 78.1 Å². The normalized spacial score (nSPS) is 18.5. The second kappa shape index (κ2) is 11.3. The monoisotopic (exact) mass is 489 g/mol. The highest BCUT2D eigenvalue weighted by atomic mass is 32.2. The van der Waals surface area contributed by atoms with Crippen molar-refractivity contribution in [2.75, 3.05) is 58.4 Å². The molecule has 3 rings (SSSR count). The van der Waals surface area contributed by atoms with E-state index in [1.165, 1.54) is 11.8 Å². The summed E-state index contributed by atoms with van der Waals surface area (Å²) < 4.78 is 7.33. The van der Waals surface area contributed by atoms with Crippen LogP contribution in [0.25, 0.3) is 6.08 Å². The van der Waals surface area contributed by atoms with Gasteiger partial charge in [-0.3, -0.25) is 19.1 Å². The van der Waals surface area contributed by atoms with Crippen molar-refractivity contribution < 1.29 is 9.53 Å². The van der Waals surface area contributed by atoms with E-state index in [9.17, 15) is 14.9 Å². The van der Waals surface area contributed by atoms with Gasteiger partial charge in [-0.25, -0.2) is 0 Å². The molecule has 0 aliphatic carbocycles. The molecule has 8 nitrogen and oxygen atoms in total. The number of piperazine rings is 1. The van der Waals surface area contributed by atoms with Crippen LogP contribution < -0.4 is 10.5 Å². The van der Waals surface area contributed by atoms with Crippen LogP contribution >= 0.6 is 24.0 Å². The number of ether oxygens (including phenoxy) is 1. The van der Waals surface area contributed by atoms with E-state index in [2.05, 4.69) is 29.8 Å². The molecule has 33 heavy (non-hydrogen) atoms. The molecule has 2 saturated heterocycles. The first-order valence-electron chi connectivity index (χ1n) is 11.2. The minimum atomic E-state index is -0.262. The third-order valence-corrected chi connectivity index (χ3v) is 7.43. The van der Waals surface area contributed by atoms with Gasteiger partial charge >= 0.3 is 0 Å². The van der Waals surface area contributed by atoms with Gasteiger partial charge in [-0.15, -0.1) is 0 Å². The Balaban J connectivity index is 2.18. The minimum absolute atomic E-state index is 0.130. The second-order valence-electron chi connectivity index (χ2n) is 8.28. The van der Waals surface area contributed by atoms with Crippen LogP contribution in [0.5, 0.6) is 0 Å². The number of hydrogen-bond acceptors (Lipinski definition) is 8. The number of aromatic nitrogens is 1. The Morgan fingerprint density at radius 3 is 2.52 bits per heavy atom. The van der Waals surface area contributed by atoms with Gasteiger partial charge < -0.3 is 14.5 Å². The summed E-state index contributed by atoms with van der Waals surface area (Å²) in [7, 11) is 3.67. The average molecular weight is 490 g/mol. The van der Waals surface area contributed by atoms with Crippen molar-refractivity contribution in [2.24, 2.45) is 0 Å². The van der Waals surface area contributed by atoms with E-state index in [0.29, 0.717) is 34.5 Å². The van der Waals surface area contributed by atoms with Crippen LogP contribution in [0.4, 0.5) is 5.82 Å². The first kappa shape index (κ1) is 25.4. The molecule has 0 saturated carbocycles. The number of rotatable bonds is 8. The highest BCUT2D eigenvalue weighted by Gasteiger charge is 2.33. The third-order valence-electron chi connectivity index (χ3n) is 6.05. The Morgan fingerprint density at radius 2 is 1.91 bits per heavy atom. The van der Waals surface area contributed by atoms with Gasteiger partial charge in [0.2, 0.25) is 0 Å². The Kier molecular flexibility index (Phi) is 8.70. The van der Waals surface area contributed by atoms with Gasteiger partial charge in [0, 0.05) is 45.4 Å². The molecule has 1 aromatic rings. The lowest BCUT2D eigenvalue weighted by molar-refractivity contribution is -0.122. The predicted octanol–water partition coefficient (Wildman–Crippen LogP) is 2.43. The fraction of sp³-hybridized carbons (Fsp3) is 0.565. The van der Waals surface area contributed by atoms with Gasteiger partial charge in [0.15, 0.2) is 0 Å². The molecular formula is C23H31N5O3S2. The highest BCUT2D eigenvalue weighted by Crippen LogP contribution is 2.36. The second-order valence-corrected chi connectivity index (χ2v) is 9.95. The minimum Gasteiger partial charge on any atom is -0.383 e. The predicted molar refractivity (Wildman–Crippen MR) is 137 cm³/mol. The number of nitriles is 1. The molecule has 2 aliphatic heterocycles. The largest absolute Gasteiger partial charge is 0.383 e. The Labute approximate surface area is 204 Å². The number of hydrogen-bond donors (Lipinski definition) is 0. The van der Waals surface area contributed by atoms with Crippen molar-refractivity contribution in [1.29, 1.82) is 5.26 Å². The number of unbranched alkanes of at least 4 members (excludes halogenated alkanes) is 1. The Bertz CT molecular complexity index is 1050. The molecule has 2 aliphatic rings. The van der Waals surface area contributed by atoms with E-state index in [4.69, 9.17) is 17.0 Å². The van der Waals surface area contributed by atoms with E-state index in [0.717, 1.165) is 50.4 Å². The van der Waals surface area contributed by atoms with Crippen LogP contribution in [0.15, 0.2) is 9.70 Å². The standard InChI is InChI=1S/C23H31N5O3S2/c1-5-6-7-27-20(26-10-8-25(3)9-11-26)17(16(2)18(15-24)21(27)29)14-19-22(30)28(12-13-31-4)23(32)33-19/h14H,5-13H2,1-4H3/b19-14-. The molecule has 0 unspecified atom stereocenters. The molecule has 0 atom stereocenters. The quantitative estimate of drug-likeness (QED) is 0.407. The number of thiocarbonyl (C=S) groups is 1. The first-order valence-corrected chi connectivity index (χ1v) is 12.4. The Morgan fingerprint density at radius 1 is 1.21 bits per heavy atom. The molecule has 0 aromatic carbocycles. The van der Waals surface area contributed by atoms with E-state index in [-0.39, 0.29) is 17.0 Å². The molecule has 1 amide bonds. The average Bonchev–Trinajstić information content (AvgIpc) is 3.06. The summed E-state index contributed by atoms with van der Waals surface area (Å²) in [4.78, 5) is 32.9. The fourth-order valence-corrected chi connectivity index (χ4v) is 5.32. The van der Waals surface area contributed by atoms with Crippen molar-refractivity contribution in [2.45, 2.75) is 33.2 Å². The number of carbonyl (C=O) groups excluding carboxylic acids is 1. The van der Waals surface area contributed by atoms with Crippen LogP contribution in [0, 0.1) is 18.3 Å². The van der Waals surface area contributed by atoms with Gasteiger partial charge in [-0.1, -0.05) is 37.3 Å². The number of likely N-dealkylation sites (N-methyl/N-ethyl adjacent to an activating group) is 1. The van der Waals surface area contributed by atoms with E-state index < -0.39 is 0 Å². The zero-order valence-electron chi connectivity index (χ0n) is 19.7. The van der Waals surface area contributed by atoms with Crippen molar-refractivity contribution in [3.05, 3.63) is 31.9 Å². The molecular weight excluding hydrogens is 458 g/mol. The number of pyridine rings is 1. The summed E-state index contributed by atoms with van der Waals surface area (Å²) in [6, 6.07) is 2.11. The summed E-state index contributed by atoms with van der Waals surface area (Å²) in [5.74, 6) is 0.621.